The second-order valence-electron chi connectivity index (χ2n) is 6.02. The van der Waals surface area contributed by atoms with Crippen LogP contribution < -0.4 is 0 Å². The van der Waals surface area contributed by atoms with Gasteiger partial charge in [0.1, 0.15) is 5.60 Å². The van der Waals surface area contributed by atoms with E-state index in [-0.39, 0.29) is 5.57 Å². The van der Waals surface area contributed by atoms with Crippen molar-refractivity contribution in [3.63, 3.8) is 0 Å². The number of thiophene rings is 1. The van der Waals surface area contributed by atoms with Gasteiger partial charge in [0.2, 0.25) is 0 Å². The van der Waals surface area contributed by atoms with Gasteiger partial charge in [-0.1, -0.05) is 19.1 Å². The lowest BCUT2D eigenvalue weighted by atomic mass is 9.83. The normalized spacial score (nSPS) is 15.9. The molecule has 0 aromatic carbocycles. The van der Waals surface area contributed by atoms with Crippen LogP contribution in [0, 0.1) is 0 Å². The predicted molar refractivity (Wildman–Crippen MR) is 91.9 cm³/mol. The van der Waals surface area contributed by atoms with E-state index < -0.39 is 36.7 Å². The average Bonchev–Trinajstić information content (AvgIpc) is 3.14. The van der Waals surface area contributed by atoms with Gasteiger partial charge < -0.3 is 14.2 Å². The molecular weight excluding hydrogens is 344 g/mol. The molecule has 0 unspecified atom stereocenters. The van der Waals surface area contributed by atoms with Gasteiger partial charge >= 0.3 is 17.9 Å². The number of ether oxygens (including phenoxy) is 3. The van der Waals surface area contributed by atoms with Crippen molar-refractivity contribution < 1.29 is 28.6 Å². The van der Waals surface area contributed by atoms with E-state index in [2.05, 4.69) is 11.3 Å². The predicted octanol–water partition coefficient (Wildman–Crippen LogP) is 3.11. The molecule has 0 N–H and O–H groups in total. The molecular formula is C18H22O6S. The third kappa shape index (κ3) is 5.42. The number of carbonyl (C=O) groups is 3. The minimum atomic E-state index is -0.805. The van der Waals surface area contributed by atoms with Gasteiger partial charge in [-0.15, -0.1) is 11.3 Å². The van der Waals surface area contributed by atoms with E-state index in [1.165, 1.54) is 6.92 Å². The average molecular weight is 366 g/mol. The molecule has 0 radical (unpaired) electrons. The van der Waals surface area contributed by atoms with Crippen LogP contribution in [0.25, 0.3) is 0 Å². The van der Waals surface area contributed by atoms with Crippen LogP contribution in [0.3, 0.4) is 0 Å². The lowest BCUT2D eigenvalue weighted by molar-refractivity contribution is -0.175. The number of hydrogen-bond acceptors (Lipinski definition) is 7. The Hall–Kier alpha value is -2.15. The van der Waals surface area contributed by atoms with E-state index in [1.54, 1.807) is 11.3 Å². The van der Waals surface area contributed by atoms with Gasteiger partial charge in [-0.05, 0) is 44.1 Å². The molecule has 0 amide bonds. The zero-order valence-corrected chi connectivity index (χ0v) is 15.1. The van der Waals surface area contributed by atoms with Crippen LogP contribution in [0.1, 0.15) is 43.9 Å². The van der Waals surface area contributed by atoms with Gasteiger partial charge in [0.05, 0.1) is 0 Å². The molecule has 0 saturated heterocycles. The molecule has 1 aliphatic rings. The molecule has 1 heterocycles. The molecule has 0 aliphatic heterocycles. The zero-order valence-electron chi connectivity index (χ0n) is 14.2. The molecule has 1 aromatic heterocycles. The second kappa shape index (κ2) is 8.80. The fourth-order valence-electron chi connectivity index (χ4n) is 2.74. The number of esters is 3. The molecule has 7 heteroatoms. The lowest BCUT2D eigenvalue weighted by Gasteiger charge is -2.35. The molecule has 0 bridgehead atoms. The maximum Gasteiger partial charge on any atom is 0.345 e. The highest BCUT2D eigenvalue weighted by Gasteiger charge is 2.38. The summed E-state index contributed by atoms with van der Waals surface area (Å²) in [6.07, 6.45) is 4.63. The summed E-state index contributed by atoms with van der Waals surface area (Å²) in [5, 5.41) is 1.95. The summed E-state index contributed by atoms with van der Waals surface area (Å²) in [5.74, 6) is -2.09. The molecule has 0 spiro atoms. The van der Waals surface area contributed by atoms with Crippen molar-refractivity contribution in [1.82, 2.24) is 0 Å². The van der Waals surface area contributed by atoms with E-state index in [0.29, 0.717) is 0 Å². The van der Waals surface area contributed by atoms with Crippen LogP contribution in [0.4, 0.5) is 0 Å². The van der Waals surface area contributed by atoms with E-state index >= 15 is 0 Å². The first kappa shape index (κ1) is 19.2. The third-order valence-corrected chi connectivity index (χ3v) is 5.02. The second-order valence-corrected chi connectivity index (χ2v) is 6.97. The van der Waals surface area contributed by atoms with E-state index in [0.717, 1.165) is 37.0 Å². The van der Waals surface area contributed by atoms with Crippen LogP contribution in [-0.4, -0.2) is 31.1 Å². The van der Waals surface area contributed by atoms with Crippen molar-refractivity contribution in [2.45, 2.75) is 44.6 Å². The zero-order chi connectivity index (χ0) is 18.3. The van der Waals surface area contributed by atoms with Crippen molar-refractivity contribution >= 4 is 29.2 Å². The van der Waals surface area contributed by atoms with Gasteiger partial charge in [0, 0.05) is 10.5 Å². The van der Waals surface area contributed by atoms with Crippen molar-refractivity contribution in [3.8, 4) is 0 Å². The summed E-state index contributed by atoms with van der Waals surface area (Å²) in [4.78, 5) is 35.9. The van der Waals surface area contributed by atoms with E-state index in [4.69, 9.17) is 9.47 Å². The highest BCUT2D eigenvalue weighted by molar-refractivity contribution is 7.10. The van der Waals surface area contributed by atoms with Crippen LogP contribution in [0.5, 0.6) is 0 Å². The SMILES string of the molecule is C=C(C)C(=O)OCC(=O)OCC(=O)OC1(c2cccs2)CCCCC1. The Labute approximate surface area is 150 Å². The van der Waals surface area contributed by atoms with Crippen LogP contribution in [-0.2, 0) is 34.2 Å². The molecule has 0 atom stereocenters. The van der Waals surface area contributed by atoms with Gasteiger partial charge in [-0.25, -0.2) is 14.4 Å². The summed E-state index contributed by atoms with van der Waals surface area (Å²) in [7, 11) is 0. The fraction of sp³-hybridized carbons (Fsp3) is 0.500. The van der Waals surface area contributed by atoms with Gasteiger partial charge in [0.15, 0.2) is 13.2 Å². The van der Waals surface area contributed by atoms with Crippen molar-refractivity contribution in [2.75, 3.05) is 13.2 Å². The summed E-state index contributed by atoms with van der Waals surface area (Å²) in [6.45, 7) is 3.81. The smallest absolute Gasteiger partial charge is 0.345 e. The van der Waals surface area contributed by atoms with Crippen LogP contribution in [0.15, 0.2) is 29.7 Å². The van der Waals surface area contributed by atoms with Gasteiger partial charge in [-0.3, -0.25) is 0 Å². The highest BCUT2D eigenvalue weighted by atomic mass is 32.1. The molecule has 2 rings (SSSR count). The minimum absolute atomic E-state index is 0.183. The molecule has 1 saturated carbocycles. The van der Waals surface area contributed by atoms with Crippen molar-refractivity contribution in [1.29, 1.82) is 0 Å². The molecule has 1 aromatic rings. The number of rotatable bonds is 7. The third-order valence-electron chi connectivity index (χ3n) is 3.96. The largest absolute Gasteiger partial charge is 0.451 e. The Morgan fingerprint density at radius 2 is 1.80 bits per heavy atom. The molecule has 25 heavy (non-hydrogen) atoms. The Morgan fingerprint density at radius 3 is 2.40 bits per heavy atom. The highest BCUT2D eigenvalue weighted by Crippen LogP contribution is 2.42. The summed E-state index contributed by atoms with van der Waals surface area (Å²) in [6, 6.07) is 3.90. The molecule has 136 valence electrons. The Kier molecular flexibility index (Phi) is 6.75. The summed E-state index contributed by atoms with van der Waals surface area (Å²) >= 11 is 1.56. The quantitative estimate of drug-likeness (QED) is 0.419. The topological polar surface area (TPSA) is 78.9 Å². The first-order valence-electron chi connectivity index (χ1n) is 8.17. The molecule has 1 fully saturated rings. The first-order valence-corrected chi connectivity index (χ1v) is 9.05. The van der Waals surface area contributed by atoms with E-state index in [9.17, 15) is 14.4 Å². The maximum absolute atomic E-state index is 12.1. The Morgan fingerprint density at radius 1 is 1.12 bits per heavy atom. The fourth-order valence-corrected chi connectivity index (χ4v) is 3.66. The van der Waals surface area contributed by atoms with Crippen molar-refractivity contribution in [3.05, 3.63) is 34.5 Å². The van der Waals surface area contributed by atoms with E-state index in [1.807, 2.05) is 17.5 Å². The number of hydrogen-bond donors (Lipinski definition) is 0. The van der Waals surface area contributed by atoms with Crippen LogP contribution in [0.2, 0.25) is 0 Å². The van der Waals surface area contributed by atoms with Crippen LogP contribution >= 0.6 is 11.3 Å². The standard InChI is InChI=1S/C18H22O6S/c1-13(2)17(21)23-11-15(19)22-12-16(20)24-18(8-4-3-5-9-18)14-7-6-10-25-14/h6-7,10H,1,3-5,8-9,11-12H2,2H3. The Balaban J connectivity index is 1.84. The summed E-state index contributed by atoms with van der Waals surface area (Å²) < 4.78 is 15.2. The first-order chi connectivity index (χ1) is 11.9. The maximum atomic E-state index is 12.1. The lowest BCUT2D eigenvalue weighted by Crippen LogP contribution is -2.35. The Bertz CT molecular complexity index is 628. The summed E-state index contributed by atoms with van der Waals surface area (Å²) in [5.41, 5.74) is -0.440. The van der Waals surface area contributed by atoms with Gasteiger partial charge in [-0.2, -0.15) is 0 Å². The van der Waals surface area contributed by atoms with Crippen molar-refractivity contribution in [2.24, 2.45) is 0 Å². The minimum Gasteiger partial charge on any atom is -0.451 e. The van der Waals surface area contributed by atoms with Gasteiger partial charge in [0.25, 0.3) is 0 Å². The molecule has 1 aliphatic carbocycles. The molecule has 6 nitrogen and oxygen atoms in total. The monoisotopic (exact) mass is 366 g/mol. The number of carbonyl (C=O) groups excluding carboxylic acids is 3.